The fourth-order valence-corrected chi connectivity index (χ4v) is 1.57. The predicted molar refractivity (Wildman–Crippen MR) is 67.1 cm³/mol. The van der Waals surface area contributed by atoms with Gasteiger partial charge in [-0.2, -0.15) is 0 Å². The predicted octanol–water partition coefficient (Wildman–Crippen LogP) is 1.30. The SMILES string of the molecule is CC(C)CN(C)C(=O)c1cc([N+](=O)[O-])cnc1N. The molecule has 1 aromatic rings. The van der Waals surface area contributed by atoms with Crippen molar-refractivity contribution in [2.24, 2.45) is 5.92 Å². The number of nitrogens with zero attached hydrogens (tertiary/aromatic N) is 3. The quantitative estimate of drug-likeness (QED) is 0.642. The Bertz CT molecular complexity index is 473. The molecule has 1 aromatic heterocycles. The number of nitrogen functional groups attached to an aromatic ring is 1. The van der Waals surface area contributed by atoms with Crippen LogP contribution in [0.2, 0.25) is 0 Å². The summed E-state index contributed by atoms with van der Waals surface area (Å²) in [5.74, 6) is -0.0644. The van der Waals surface area contributed by atoms with E-state index in [0.29, 0.717) is 12.5 Å². The van der Waals surface area contributed by atoms with E-state index in [1.54, 1.807) is 7.05 Å². The number of nitro groups is 1. The first-order chi connectivity index (χ1) is 8.32. The maximum Gasteiger partial charge on any atom is 0.288 e. The lowest BCUT2D eigenvalue weighted by molar-refractivity contribution is -0.385. The number of aromatic nitrogens is 1. The van der Waals surface area contributed by atoms with Gasteiger partial charge in [-0.3, -0.25) is 14.9 Å². The Morgan fingerprint density at radius 2 is 2.22 bits per heavy atom. The number of carbonyl (C=O) groups is 1. The van der Waals surface area contributed by atoms with Gasteiger partial charge in [0.2, 0.25) is 0 Å². The number of nitrogens with two attached hydrogens (primary N) is 1. The highest BCUT2D eigenvalue weighted by atomic mass is 16.6. The summed E-state index contributed by atoms with van der Waals surface area (Å²) in [6.45, 7) is 4.48. The van der Waals surface area contributed by atoms with Gasteiger partial charge in [-0.25, -0.2) is 4.98 Å². The van der Waals surface area contributed by atoms with E-state index >= 15 is 0 Å². The van der Waals surface area contributed by atoms with E-state index in [-0.39, 0.29) is 23.0 Å². The van der Waals surface area contributed by atoms with Crippen LogP contribution in [-0.2, 0) is 0 Å². The van der Waals surface area contributed by atoms with Crippen molar-refractivity contribution in [1.29, 1.82) is 0 Å². The third kappa shape index (κ3) is 3.16. The van der Waals surface area contributed by atoms with Crippen LogP contribution in [0.25, 0.3) is 0 Å². The number of amides is 1. The van der Waals surface area contributed by atoms with Crippen molar-refractivity contribution >= 4 is 17.4 Å². The Kier molecular flexibility index (Phi) is 4.19. The summed E-state index contributed by atoms with van der Waals surface area (Å²) in [5.41, 5.74) is 5.40. The fourth-order valence-electron chi connectivity index (χ4n) is 1.57. The molecule has 0 saturated carbocycles. The standard InChI is InChI=1S/C11H16N4O3/c1-7(2)6-14(3)11(16)9-4-8(15(17)18)5-13-10(9)12/h4-5,7H,6H2,1-3H3,(H2,12,13). The van der Waals surface area contributed by atoms with Gasteiger partial charge in [0.15, 0.2) is 0 Å². The van der Waals surface area contributed by atoms with Gasteiger partial charge in [0.25, 0.3) is 11.6 Å². The normalized spacial score (nSPS) is 10.4. The first kappa shape index (κ1) is 13.9. The van der Waals surface area contributed by atoms with Crippen LogP contribution in [0.15, 0.2) is 12.3 Å². The zero-order valence-electron chi connectivity index (χ0n) is 10.6. The Morgan fingerprint density at radius 1 is 1.61 bits per heavy atom. The van der Waals surface area contributed by atoms with Gasteiger partial charge >= 0.3 is 0 Å². The third-order valence-corrected chi connectivity index (χ3v) is 2.33. The van der Waals surface area contributed by atoms with E-state index in [2.05, 4.69) is 4.98 Å². The summed E-state index contributed by atoms with van der Waals surface area (Å²) in [7, 11) is 1.63. The van der Waals surface area contributed by atoms with Gasteiger partial charge in [-0.05, 0) is 5.92 Å². The van der Waals surface area contributed by atoms with Crippen molar-refractivity contribution in [2.45, 2.75) is 13.8 Å². The van der Waals surface area contributed by atoms with Crippen molar-refractivity contribution in [1.82, 2.24) is 9.88 Å². The van der Waals surface area contributed by atoms with Crippen molar-refractivity contribution in [2.75, 3.05) is 19.3 Å². The van der Waals surface area contributed by atoms with Gasteiger partial charge in [-0.1, -0.05) is 13.8 Å². The van der Waals surface area contributed by atoms with E-state index in [9.17, 15) is 14.9 Å². The summed E-state index contributed by atoms with van der Waals surface area (Å²) in [4.78, 5) is 27.2. The summed E-state index contributed by atoms with van der Waals surface area (Å²) in [5, 5.41) is 10.6. The second-order valence-corrected chi connectivity index (χ2v) is 4.46. The van der Waals surface area contributed by atoms with Gasteiger partial charge < -0.3 is 10.6 Å². The van der Waals surface area contributed by atoms with E-state index in [0.717, 1.165) is 12.3 Å². The van der Waals surface area contributed by atoms with E-state index in [1.165, 1.54) is 4.90 Å². The molecular weight excluding hydrogens is 236 g/mol. The van der Waals surface area contributed by atoms with Crippen molar-refractivity contribution in [3.05, 3.63) is 27.9 Å². The minimum absolute atomic E-state index is 0.00112. The van der Waals surface area contributed by atoms with E-state index in [4.69, 9.17) is 5.73 Å². The molecule has 0 aliphatic rings. The molecule has 0 spiro atoms. The average molecular weight is 252 g/mol. The van der Waals surface area contributed by atoms with Crippen LogP contribution in [0.1, 0.15) is 24.2 Å². The molecule has 0 saturated heterocycles. The zero-order valence-corrected chi connectivity index (χ0v) is 10.6. The fraction of sp³-hybridized carbons (Fsp3) is 0.455. The average Bonchev–Trinajstić information content (AvgIpc) is 2.27. The monoisotopic (exact) mass is 252 g/mol. The van der Waals surface area contributed by atoms with Crippen LogP contribution in [0, 0.1) is 16.0 Å². The molecule has 1 rings (SSSR count). The van der Waals surface area contributed by atoms with Crippen molar-refractivity contribution < 1.29 is 9.72 Å². The number of pyridine rings is 1. The maximum atomic E-state index is 12.1. The third-order valence-electron chi connectivity index (χ3n) is 2.33. The molecule has 7 heteroatoms. The number of hydrogen-bond donors (Lipinski definition) is 1. The van der Waals surface area contributed by atoms with Gasteiger partial charge in [0, 0.05) is 19.7 Å². The van der Waals surface area contributed by atoms with E-state index < -0.39 is 4.92 Å². The highest BCUT2D eigenvalue weighted by molar-refractivity contribution is 5.98. The molecule has 1 amide bonds. The maximum absolute atomic E-state index is 12.1. The molecule has 1 heterocycles. The second-order valence-electron chi connectivity index (χ2n) is 4.46. The molecule has 98 valence electrons. The first-order valence-electron chi connectivity index (χ1n) is 5.48. The smallest absolute Gasteiger partial charge is 0.288 e. The van der Waals surface area contributed by atoms with Crippen molar-refractivity contribution in [3.8, 4) is 0 Å². The van der Waals surface area contributed by atoms with Gasteiger partial charge in [-0.15, -0.1) is 0 Å². The largest absolute Gasteiger partial charge is 0.383 e. The van der Waals surface area contributed by atoms with Crippen molar-refractivity contribution in [3.63, 3.8) is 0 Å². The molecule has 0 aliphatic carbocycles. The number of rotatable bonds is 4. The highest BCUT2D eigenvalue weighted by Gasteiger charge is 2.20. The molecule has 0 radical (unpaired) electrons. The van der Waals surface area contributed by atoms with Crippen LogP contribution in [0.5, 0.6) is 0 Å². The molecule has 0 unspecified atom stereocenters. The minimum atomic E-state index is -0.605. The molecule has 0 bridgehead atoms. The Balaban J connectivity index is 3.04. The summed E-state index contributed by atoms with van der Waals surface area (Å²) in [6.07, 6.45) is 1.04. The lowest BCUT2D eigenvalue weighted by Gasteiger charge is -2.19. The molecule has 7 nitrogen and oxygen atoms in total. The summed E-state index contributed by atoms with van der Waals surface area (Å²) < 4.78 is 0. The van der Waals surface area contributed by atoms with Crippen LogP contribution >= 0.6 is 0 Å². The number of anilines is 1. The van der Waals surface area contributed by atoms with Crippen LogP contribution in [0.3, 0.4) is 0 Å². The number of hydrogen-bond acceptors (Lipinski definition) is 5. The Labute approximate surface area is 105 Å². The molecule has 18 heavy (non-hydrogen) atoms. The second kappa shape index (κ2) is 5.44. The van der Waals surface area contributed by atoms with Crippen LogP contribution < -0.4 is 5.73 Å². The zero-order chi connectivity index (χ0) is 13.9. The Hall–Kier alpha value is -2.18. The molecule has 0 aliphatic heterocycles. The lowest BCUT2D eigenvalue weighted by Crippen LogP contribution is -2.31. The van der Waals surface area contributed by atoms with E-state index in [1.807, 2.05) is 13.8 Å². The Morgan fingerprint density at radius 3 is 2.72 bits per heavy atom. The van der Waals surface area contributed by atoms with Crippen LogP contribution in [-0.4, -0.2) is 34.3 Å². The van der Waals surface area contributed by atoms with Crippen LogP contribution in [0.4, 0.5) is 11.5 Å². The molecule has 2 N–H and O–H groups in total. The summed E-state index contributed by atoms with van der Waals surface area (Å²) >= 11 is 0. The number of carbonyl (C=O) groups excluding carboxylic acids is 1. The molecule has 0 aromatic carbocycles. The topological polar surface area (TPSA) is 102 Å². The summed E-state index contributed by atoms with van der Waals surface area (Å²) in [6, 6.07) is 1.15. The first-order valence-corrected chi connectivity index (χ1v) is 5.48. The minimum Gasteiger partial charge on any atom is -0.383 e. The molecular formula is C11H16N4O3. The van der Waals surface area contributed by atoms with Gasteiger partial charge in [0.1, 0.15) is 12.0 Å². The molecule has 0 fully saturated rings. The highest BCUT2D eigenvalue weighted by Crippen LogP contribution is 2.18. The molecule has 0 atom stereocenters. The van der Waals surface area contributed by atoms with Gasteiger partial charge in [0.05, 0.1) is 10.5 Å². The lowest BCUT2D eigenvalue weighted by atomic mass is 10.1.